The SMILES string of the molecule is COC(=O)c1ccc2c(c1)N(Cc1ccc(OC)cc1)C(C)(C)CO2.COC(=O)c1ccc2c(c1)NC(C)(C)CO2.COc1ccc(CN2c3cc(C(=O)CO)ccc3OCC2(C)C)cc1. The fourth-order valence-corrected chi connectivity index (χ4v) is 7.61. The lowest BCUT2D eigenvalue weighted by Crippen LogP contribution is -2.51. The van der Waals surface area contributed by atoms with Crippen LogP contribution in [0.3, 0.4) is 0 Å². The minimum atomic E-state index is -0.498. The summed E-state index contributed by atoms with van der Waals surface area (Å²) in [6.45, 7) is 15.2. The van der Waals surface area contributed by atoms with Gasteiger partial charge < -0.3 is 53.4 Å². The van der Waals surface area contributed by atoms with Crippen LogP contribution in [0.4, 0.5) is 17.1 Å². The molecule has 0 saturated heterocycles. The lowest BCUT2D eigenvalue weighted by molar-refractivity contribution is 0.0591. The van der Waals surface area contributed by atoms with Gasteiger partial charge >= 0.3 is 11.9 Å². The van der Waals surface area contributed by atoms with Gasteiger partial charge in [-0.1, -0.05) is 24.3 Å². The number of methoxy groups -OCH3 is 4. The van der Waals surface area contributed by atoms with E-state index in [1.807, 2.05) is 74.5 Å². The highest BCUT2D eigenvalue weighted by Crippen LogP contribution is 2.42. The van der Waals surface area contributed by atoms with Gasteiger partial charge in [0, 0.05) is 18.7 Å². The molecule has 0 saturated carbocycles. The number of hydrogen-bond acceptors (Lipinski definition) is 14. The first kappa shape index (κ1) is 48.5. The Hall–Kier alpha value is -6.93. The van der Waals surface area contributed by atoms with E-state index in [2.05, 4.69) is 47.5 Å². The van der Waals surface area contributed by atoms with Gasteiger partial charge in [0.2, 0.25) is 0 Å². The Kier molecular flexibility index (Phi) is 15.1. The fraction of sp³-hybridized carbons (Fsp3) is 0.365. The van der Waals surface area contributed by atoms with E-state index in [1.54, 1.807) is 56.7 Å². The van der Waals surface area contributed by atoms with E-state index < -0.39 is 6.61 Å². The Balaban J connectivity index is 0.000000168. The molecule has 0 fully saturated rings. The lowest BCUT2D eigenvalue weighted by Gasteiger charge is -2.44. The second-order valence-corrected chi connectivity index (χ2v) is 18.0. The molecule has 0 spiro atoms. The second kappa shape index (κ2) is 20.5. The summed E-state index contributed by atoms with van der Waals surface area (Å²) in [4.78, 5) is 39.6. The molecular weight excluding hydrogens is 843 g/mol. The number of ether oxygens (including phenoxy) is 7. The van der Waals surface area contributed by atoms with Crippen molar-refractivity contribution < 1.29 is 52.6 Å². The van der Waals surface area contributed by atoms with Gasteiger partial charge in [-0.25, -0.2) is 9.59 Å². The van der Waals surface area contributed by atoms with Gasteiger partial charge in [0.05, 0.1) is 73.2 Å². The van der Waals surface area contributed by atoms with Crippen LogP contribution in [0.15, 0.2) is 103 Å². The summed E-state index contributed by atoms with van der Waals surface area (Å²) in [6.07, 6.45) is 0. The van der Waals surface area contributed by atoms with E-state index in [0.29, 0.717) is 49.6 Å². The van der Waals surface area contributed by atoms with Crippen LogP contribution in [0.5, 0.6) is 28.7 Å². The van der Waals surface area contributed by atoms with Gasteiger partial charge in [-0.05, 0) is 132 Å². The molecule has 0 unspecified atom stereocenters. The van der Waals surface area contributed by atoms with Crippen LogP contribution in [0.2, 0.25) is 0 Å². The summed E-state index contributed by atoms with van der Waals surface area (Å²) in [7, 11) is 6.06. The Morgan fingerprint density at radius 3 is 1.41 bits per heavy atom. The zero-order chi connectivity index (χ0) is 47.8. The van der Waals surface area contributed by atoms with E-state index in [9.17, 15) is 14.4 Å². The molecule has 2 N–H and O–H groups in total. The van der Waals surface area contributed by atoms with Crippen molar-refractivity contribution in [1.29, 1.82) is 0 Å². The third kappa shape index (κ3) is 11.5. The van der Waals surface area contributed by atoms with Crippen molar-refractivity contribution in [3.05, 3.63) is 131 Å². The predicted molar refractivity (Wildman–Crippen MR) is 254 cm³/mol. The van der Waals surface area contributed by atoms with Gasteiger partial charge in [-0.3, -0.25) is 4.79 Å². The number of rotatable bonds is 10. The molecule has 5 aromatic rings. The molecule has 8 rings (SSSR count). The normalized spacial score (nSPS) is 15.6. The van der Waals surface area contributed by atoms with Crippen LogP contribution in [0, 0.1) is 0 Å². The molecule has 0 amide bonds. The minimum absolute atomic E-state index is 0.123. The smallest absolute Gasteiger partial charge is 0.337 e. The van der Waals surface area contributed by atoms with Crippen LogP contribution in [-0.2, 0) is 22.6 Å². The number of aliphatic hydroxyl groups excluding tert-OH is 1. The number of nitrogens with one attached hydrogen (secondary N) is 1. The number of ketones is 1. The quantitative estimate of drug-likeness (QED) is 0.101. The Morgan fingerprint density at radius 1 is 0.561 bits per heavy atom. The van der Waals surface area contributed by atoms with Crippen LogP contribution in [0.1, 0.15) is 83.7 Å². The first-order valence-electron chi connectivity index (χ1n) is 21.6. The second-order valence-electron chi connectivity index (χ2n) is 18.0. The number of fused-ring (bicyclic) bond motifs is 3. The molecule has 3 aliphatic rings. The van der Waals surface area contributed by atoms with Gasteiger partial charge in [0.1, 0.15) is 55.2 Å². The maximum absolute atomic E-state index is 11.9. The molecule has 350 valence electrons. The highest BCUT2D eigenvalue weighted by molar-refractivity contribution is 5.98. The summed E-state index contributed by atoms with van der Waals surface area (Å²) >= 11 is 0. The van der Waals surface area contributed by atoms with Crippen molar-refractivity contribution in [3.8, 4) is 28.7 Å². The molecule has 14 heteroatoms. The molecule has 14 nitrogen and oxygen atoms in total. The number of carbonyl (C=O) groups excluding carboxylic acids is 3. The van der Waals surface area contributed by atoms with E-state index in [4.69, 9.17) is 33.5 Å². The van der Waals surface area contributed by atoms with Crippen molar-refractivity contribution in [3.63, 3.8) is 0 Å². The van der Waals surface area contributed by atoms with Crippen LogP contribution >= 0.6 is 0 Å². The number of aliphatic hydroxyl groups is 1. The van der Waals surface area contributed by atoms with E-state index >= 15 is 0 Å². The van der Waals surface area contributed by atoms with Crippen LogP contribution in [0.25, 0.3) is 0 Å². The van der Waals surface area contributed by atoms with E-state index in [0.717, 1.165) is 56.9 Å². The third-order valence-electron chi connectivity index (χ3n) is 11.5. The summed E-state index contributed by atoms with van der Waals surface area (Å²) in [6, 6.07) is 31.9. The minimum Gasteiger partial charge on any atom is -0.497 e. The van der Waals surface area contributed by atoms with Gasteiger partial charge in [0.25, 0.3) is 0 Å². The Bertz CT molecular complexity index is 2370. The summed E-state index contributed by atoms with van der Waals surface area (Å²) in [5.41, 5.74) is 5.86. The zero-order valence-corrected chi connectivity index (χ0v) is 39.5. The number of hydrogen-bond donors (Lipinski definition) is 2. The maximum atomic E-state index is 11.9. The lowest BCUT2D eigenvalue weighted by atomic mass is 9.97. The van der Waals surface area contributed by atoms with Crippen molar-refractivity contribution >= 4 is 34.8 Å². The first-order valence-corrected chi connectivity index (χ1v) is 21.6. The Morgan fingerprint density at radius 2 is 0.970 bits per heavy atom. The molecule has 3 aliphatic heterocycles. The third-order valence-corrected chi connectivity index (χ3v) is 11.5. The average molecular weight is 904 g/mol. The Labute approximate surface area is 387 Å². The number of anilines is 3. The molecule has 0 aromatic heterocycles. The van der Waals surface area contributed by atoms with Crippen molar-refractivity contribution in [1.82, 2.24) is 0 Å². The van der Waals surface area contributed by atoms with Gasteiger partial charge in [-0.15, -0.1) is 0 Å². The monoisotopic (exact) mass is 903 g/mol. The molecule has 0 aliphatic carbocycles. The number of esters is 2. The number of benzene rings is 5. The molecule has 0 radical (unpaired) electrons. The molecule has 0 atom stereocenters. The zero-order valence-electron chi connectivity index (χ0n) is 39.5. The van der Waals surface area contributed by atoms with Crippen molar-refractivity contribution in [2.45, 2.75) is 71.2 Å². The van der Waals surface area contributed by atoms with Gasteiger partial charge in [-0.2, -0.15) is 0 Å². The highest BCUT2D eigenvalue weighted by Gasteiger charge is 2.36. The average Bonchev–Trinajstić information content (AvgIpc) is 3.32. The van der Waals surface area contributed by atoms with E-state index in [1.165, 1.54) is 14.2 Å². The summed E-state index contributed by atoms with van der Waals surface area (Å²) in [5, 5.41) is 12.5. The summed E-state index contributed by atoms with van der Waals surface area (Å²) in [5.74, 6) is 2.97. The molecular formula is C52H61N3O11. The summed E-state index contributed by atoms with van der Waals surface area (Å²) < 4.78 is 37.3. The van der Waals surface area contributed by atoms with Crippen LogP contribution < -0.4 is 38.8 Å². The number of carbonyl (C=O) groups is 3. The van der Waals surface area contributed by atoms with E-state index in [-0.39, 0.29) is 34.3 Å². The maximum Gasteiger partial charge on any atom is 0.337 e. The molecule has 3 heterocycles. The standard InChI is InChI=1S/2C20H23NO4.C12H15NO3/c1-20(2)13-25-18-10-7-15(19(22)24-4)11-17(18)21(20)12-14-5-8-16(23-3)9-6-14;1-20(2)13-25-19-9-6-15(18(23)12-22)10-17(19)21(20)11-14-4-7-16(24-3)8-5-14;1-12(2)7-16-10-5-4-8(11(14)15-3)6-9(10)13-12/h5-11H,12-13H2,1-4H3;4-10,22H,11-13H2,1-3H3;4-6,13H,7H2,1-3H3. The topological polar surface area (TPSA) is 155 Å². The molecule has 66 heavy (non-hydrogen) atoms. The van der Waals surface area contributed by atoms with Gasteiger partial charge in [0.15, 0.2) is 5.78 Å². The largest absolute Gasteiger partial charge is 0.497 e. The fourth-order valence-electron chi connectivity index (χ4n) is 7.61. The number of nitrogens with zero attached hydrogens (tertiary/aromatic N) is 2. The van der Waals surface area contributed by atoms with Crippen molar-refractivity contribution in [2.24, 2.45) is 0 Å². The first-order chi connectivity index (χ1) is 31.4. The van der Waals surface area contributed by atoms with Crippen LogP contribution in [-0.4, -0.2) is 94.3 Å². The molecule has 5 aromatic carbocycles. The number of Topliss-reactive ketones (excluding diaryl/α,β-unsaturated/α-hetero) is 1. The predicted octanol–water partition coefficient (Wildman–Crippen LogP) is 8.76. The van der Waals surface area contributed by atoms with Crippen molar-refractivity contribution in [2.75, 3.05) is 70.0 Å². The molecule has 0 bridgehead atoms. The highest BCUT2D eigenvalue weighted by atomic mass is 16.5.